The van der Waals surface area contributed by atoms with E-state index in [0.717, 1.165) is 5.56 Å². The van der Waals surface area contributed by atoms with Gasteiger partial charge in [0.2, 0.25) is 5.91 Å². The van der Waals surface area contributed by atoms with Gasteiger partial charge in [0.05, 0.1) is 12.1 Å². The van der Waals surface area contributed by atoms with E-state index in [2.05, 4.69) is 10.6 Å². The predicted octanol–water partition coefficient (Wildman–Crippen LogP) is 2.57. The molecule has 0 aliphatic heterocycles. The van der Waals surface area contributed by atoms with Crippen molar-refractivity contribution in [1.29, 1.82) is 0 Å². The molecule has 0 radical (unpaired) electrons. The highest BCUT2D eigenvalue weighted by Gasteiger charge is 2.20. The monoisotopic (exact) mass is 347 g/mol. The number of halogens is 1. The Hall–Kier alpha value is -2.73. The van der Waals surface area contributed by atoms with E-state index < -0.39 is 12.1 Å². The molecule has 0 bridgehead atoms. The van der Waals surface area contributed by atoms with E-state index in [1.807, 2.05) is 30.3 Å². The van der Waals surface area contributed by atoms with E-state index in [1.165, 1.54) is 7.11 Å². The summed E-state index contributed by atoms with van der Waals surface area (Å²) in [5.74, 6) is 0.115. The molecule has 6 nitrogen and oxygen atoms in total. The Kier molecular flexibility index (Phi) is 6.03. The van der Waals surface area contributed by atoms with E-state index in [1.54, 1.807) is 18.2 Å². The Balaban J connectivity index is 2.12. The zero-order valence-electron chi connectivity index (χ0n) is 13.1. The zero-order valence-corrected chi connectivity index (χ0v) is 13.8. The van der Waals surface area contributed by atoms with Crippen molar-refractivity contribution in [2.75, 3.05) is 12.4 Å². The summed E-state index contributed by atoms with van der Waals surface area (Å²) in [5.41, 5.74) is 6.57. The SMILES string of the molecule is COc1ccc(NC(=O)[C@@H](Cc2ccccc2)NC(N)=O)cc1Cl. The van der Waals surface area contributed by atoms with E-state index in [-0.39, 0.29) is 5.91 Å². The third kappa shape index (κ3) is 4.89. The van der Waals surface area contributed by atoms with Crippen LogP contribution in [0.15, 0.2) is 48.5 Å². The molecular formula is C17H18ClN3O3. The molecule has 0 aromatic heterocycles. The molecule has 126 valence electrons. The van der Waals surface area contributed by atoms with Gasteiger partial charge in [0.25, 0.3) is 0 Å². The van der Waals surface area contributed by atoms with Crippen molar-refractivity contribution in [1.82, 2.24) is 5.32 Å². The van der Waals surface area contributed by atoms with Gasteiger partial charge in [-0.25, -0.2) is 4.79 Å². The van der Waals surface area contributed by atoms with Gasteiger partial charge in [-0.05, 0) is 23.8 Å². The van der Waals surface area contributed by atoms with Gasteiger partial charge in [-0.3, -0.25) is 4.79 Å². The van der Waals surface area contributed by atoms with Crippen molar-refractivity contribution in [2.24, 2.45) is 5.73 Å². The summed E-state index contributed by atoms with van der Waals surface area (Å²) >= 11 is 6.04. The van der Waals surface area contributed by atoms with E-state index in [0.29, 0.717) is 22.9 Å². The topological polar surface area (TPSA) is 93.4 Å². The van der Waals surface area contributed by atoms with Crippen LogP contribution in [0.1, 0.15) is 5.56 Å². The minimum atomic E-state index is -0.800. The highest BCUT2D eigenvalue weighted by molar-refractivity contribution is 6.32. The minimum Gasteiger partial charge on any atom is -0.495 e. The summed E-state index contributed by atoms with van der Waals surface area (Å²) in [6.07, 6.45) is 0.319. The number of benzene rings is 2. The van der Waals surface area contributed by atoms with Gasteiger partial charge >= 0.3 is 6.03 Å². The summed E-state index contributed by atoms with van der Waals surface area (Å²) in [4.78, 5) is 23.7. The van der Waals surface area contributed by atoms with Gasteiger partial charge in [0, 0.05) is 12.1 Å². The van der Waals surface area contributed by atoms with Crippen LogP contribution in [0.4, 0.5) is 10.5 Å². The highest BCUT2D eigenvalue weighted by Crippen LogP contribution is 2.27. The van der Waals surface area contributed by atoms with Crippen molar-refractivity contribution < 1.29 is 14.3 Å². The predicted molar refractivity (Wildman–Crippen MR) is 93.3 cm³/mol. The summed E-state index contributed by atoms with van der Waals surface area (Å²) in [6, 6.07) is 12.6. The van der Waals surface area contributed by atoms with Crippen molar-refractivity contribution >= 4 is 29.2 Å². The number of nitrogens with two attached hydrogens (primary N) is 1. The van der Waals surface area contributed by atoms with Crippen LogP contribution in [0.3, 0.4) is 0 Å². The number of hydrogen-bond acceptors (Lipinski definition) is 3. The number of anilines is 1. The molecule has 0 heterocycles. The Bertz CT molecular complexity index is 722. The fourth-order valence-electron chi connectivity index (χ4n) is 2.20. The molecule has 3 amide bonds. The Morgan fingerprint density at radius 1 is 1.21 bits per heavy atom. The summed E-state index contributed by atoms with van der Waals surface area (Å²) < 4.78 is 5.07. The molecule has 1 atom stereocenters. The number of hydrogen-bond donors (Lipinski definition) is 3. The van der Waals surface area contributed by atoms with E-state index >= 15 is 0 Å². The standard InChI is InChI=1S/C17H18ClN3O3/c1-24-15-8-7-12(10-13(15)18)20-16(22)14(21-17(19)23)9-11-5-3-2-4-6-11/h2-8,10,14H,9H2,1H3,(H,20,22)(H3,19,21,23)/t14-/m1/s1. The first-order valence-corrected chi connectivity index (χ1v) is 7.61. The average molecular weight is 348 g/mol. The summed E-state index contributed by atoms with van der Waals surface area (Å²) in [7, 11) is 1.51. The Morgan fingerprint density at radius 3 is 2.50 bits per heavy atom. The smallest absolute Gasteiger partial charge is 0.312 e. The quantitative estimate of drug-likeness (QED) is 0.749. The number of methoxy groups -OCH3 is 1. The first-order chi connectivity index (χ1) is 11.5. The summed E-state index contributed by atoms with van der Waals surface area (Å²) in [6.45, 7) is 0. The van der Waals surface area contributed by atoms with Gasteiger partial charge < -0.3 is 21.1 Å². The minimum absolute atomic E-state index is 0.319. The number of rotatable bonds is 6. The molecule has 2 rings (SSSR count). The molecule has 2 aromatic rings. The highest BCUT2D eigenvalue weighted by atomic mass is 35.5. The molecule has 0 saturated heterocycles. The van der Waals surface area contributed by atoms with Gasteiger partial charge in [0.15, 0.2) is 0 Å². The van der Waals surface area contributed by atoms with Crippen molar-refractivity contribution in [3.8, 4) is 5.75 Å². The maximum atomic E-state index is 12.5. The van der Waals surface area contributed by atoms with Crippen LogP contribution in [-0.2, 0) is 11.2 Å². The van der Waals surface area contributed by atoms with Crippen LogP contribution < -0.4 is 21.1 Å². The molecule has 0 aliphatic rings. The number of urea groups is 1. The van der Waals surface area contributed by atoms with Gasteiger partial charge in [0.1, 0.15) is 11.8 Å². The molecule has 2 aromatic carbocycles. The van der Waals surface area contributed by atoms with Crippen LogP contribution in [0.25, 0.3) is 0 Å². The average Bonchev–Trinajstić information content (AvgIpc) is 2.55. The molecule has 24 heavy (non-hydrogen) atoms. The largest absolute Gasteiger partial charge is 0.495 e. The first kappa shape index (κ1) is 17.6. The maximum Gasteiger partial charge on any atom is 0.312 e. The molecule has 0 aliphatic carbocycles. The number of nitrogens with one attached hydrogen (secondary N) is 2. The Labute approximate surface area is 144 Å². The second-order valence-corrected chi connectivity index (χ2v) is 5.50. The Morgan fingerprint density at radius 2 is 1.92 bits per heavy atom. The fourth-order valence-corrected chi connectivity index (χ4v) is 2.46. The molecule has 0 fully saturated rings. The third-order valence-corrected chi connectivity index (χ3v) is 3.63. The van der Waals surface area contributed by atoms with Crippen molar-refractivity contribution in [3.05, 3.63) is 59.1 Å². The number of primary amides is 1. The lowest BCUT2D eigenvalue weighted by molar-refractivity contribution is -0.117. The van der Waals surface area contributed by atoms with Crippen LogP contribution in [0.2, 0.25) is 5.02 Å². The second-order valence-electron chi connectivity index (χ2n) is 5.09. The fraction of sp³-hybridized carbons (Fsp3) is 0.176. The number of carbonyl (C=O) groups excluding carboxylic acids is 2. The van der Waals surface area contributed by atoms with Crippen molar-refractivity contribution in [2.45, 2.75) is 12.5 Å². The van der Waals surface area contributed by atoms with Gasteiger partial charge in [-0.2, -0.15) is 0 Å². The molecule has 0 unspecified atom stereocenters. The molecule has 4 N–H and O–H groups in total. The maximum absolute atomic E-state index is 12.5. The van der Waals surface area contributed by atoms with Crippen molar-refractivity contribution in [3.63, 3.8) is 0 Å². The lowest BCUT2D eigenvalue weighted by Gasteiger charge is -2.18. The molecule has 7 heteroatoms. The summed E-state index contributed by atoms with van der Waals surface area (Å²) in [5, 5.41) is 5.54. The molecular weight excluding hydrogens is 330 g/mol. The lowest BCUT2D eigenvalue weighted by atomic mass is 10.1. The van der Waals surface area contributed by atoms with Gasteiger partial charge in [-0.15, -0.1) is 0 Å². The van der Waals surface area contributed by atoms with Crippen LogP contribution in [-0.4, -0.2) is 25.1 Å². The van der Waals surface area contributed by atoms with Gasteiger partial charge in [-0.1, -0.05) is 41.9 Å². The zero-order chi connectivity index (χ0) is 17.5. The van der Waals surface area contributed by atoms with Crippen LogP contribution in [0.5, 0.6) is 5.75 Å². The number of ether oxygens (including phenoxy) is 1. The van der Waals surface area contributed by atoms with E-state index in [9.17, 15) is 9.59 Å². The second kappa shape index (κ2) is 8.21. The first-order valence-electron chi connectivity index (χ1n) is 7.24. The molecule has 0 spiro atoms. The number of amides is 3. The normalized spacial score (nSPS) is 11.4. The van der Waals surface area contributed by atoms with Crippen LogP contribution in [0, 0.1) is 0 Å². The number of carbonyl (C=O) groups is 2. The lowest BCUT2D eigenvalue weighted by Crippen LogP contribution is -2.47. The van der Waals surface area contributed by atoms with E-state index in [4.69, 9.17) is 22.1 Å². The molecule has 0 saturated carbocycles. The third-order valence-electron chi connectivity index (χ3n) is 3.33. The van der Waals surface area contributed by atoms with Crippen LogP contribution >= 0.6 is 11.6 Å².